The topological polar surface area (TPSA) is 30.7 Å². The molecule has 4 aromatic rings. The van der Waals surface area contributed by atoms with E-state index in [0.717, 1.165) is 21.7 Å². The third kappa shape index (κ3) is 3.55. The highest BCUT2D eigenvalue weighted by Gasteiger charge is 2.36. The third-order valence-electron chi connectivity index (χ3n) is 4.84. The van der Waals surface area contributed by atoms with Crippen molar-refractivity contribution in [1.82, 2.24) is 14.8 Å². The number of aryl methyl sites for hydroxylation is 3. The van der Waals surface area contributed by atoms with Gasteiger partial charge in [0.25, 0.3) is 0 Å². The molecule has 0 amide bonds. The van der Waals surface area contributed by atoms with Crippen LogP contribution in [-0.2, 0) is 6.18 Å². The number of alkyl halides is 3. The second kappa shape index (κ2) is 6.99. The molecule has 2 aromatic carbocycles. The Hall–Kier alpha value is -2.67. The van der Waals surface area contributed by atoms with Gasteiger partial charge < -0.3 is 0 Å². The number of benzene rings is 2. The van der Waals surface area contributed by atoms with Crippen molar-refractivity contribution < 1.29 is 13.2 Å². The molecule has 0 fully saturated rings. The fraction of sp³-hybridized carbons (Fsp3) is 0.182. The van der Waals surface area contributed by atoms with Gasteiger partial charge in [0.05, 0.1) is 28.0 Å². The van der Waals surface area contributed by atoms with Crippen LogP contribution in [0.25, 0.3) is 28.0 Å². The van der Waals surface area contributed by atoms with Crippen molar-refractivity contribution in [2.45, 2.75) is 26.9 Å². The van der Waals surface area contributed by atoms with Crippen LogP contribution in [0.1, 0.15) is 22.4 Å². The lowest BCUT2D eigenvalue weighted by Crippen LogP contribution is -2.08. The maximum Gasteiger partial charge on any atom is 0.417 e. The first-order valence-corrected chi connectivity index (χ1v) is 9.75. The molecule has 4 rings (SSSR count). The molecule has 0 aliphatic rings. The van der Waals surface area contributed by atoms with Gasteiger partial charge >= 0.3 is 6.18 Å². The Labute approximate surface area is 174 Å². The van der Waals surface area contributed by atoms with Gasteiger partial charge in [-0.3, -0.25) is 0 Å². The van der Waals surface area contributed by atoms with Gasteiger partial charge in [-0.2, -0.15) is 18.3 Å². The molecule has 7 heteroatoms. The zero-order valence-electron chi connectivity index (χ0n) is 16.0. The van der Waals surface area contributed by atoms with Crippen molar-refractivity contribution in [1.29, 1.82) is 0 Å². The van der Waals surface area contributed by atoms with Crippen molar-refractivity contribution in [3.63, 3.8) is 0 Å². The Balaban J connectivity index is 2.07. The highest BCUT2D eigenvalue weighted by molar-refractivity contribution is 9.10. The van der Waals surface area contributed by atoms with Crippen LogP contribution >= 0.6 is 15.9 Å². The van der Waals surface area contributed by atoms with Crippen LogP contribution < -0.4 is 0 Å². The molecule has 0 spiro atoms. The molecule has 0 N–H and O–H groups in total. The molecule has 0 bridgehead atoms. The summed E-state index contributed by atoms with van der Waals surface area (Å²) in [5.74, 6) is 0. The first-order valence-electron chi connectivity index (χ1n) is 8.96. The van der Waals surface area contributed by atoms with Crippen LogP contribution in [0.2, 0.25) is 0 Å². The molecule has 0 aliphatic heterocycles. The molecule has 3 nitrogen and oxygen atoms in total. The Morgan fingerprint density at radius 2 is 1.62 bits per heavy atom. The Morgan fingerprint density at radius 1 is 0.931 bits per heavy atom. The van der Waals surface area contributed by atoms with Crippen LogP contribution in [0.5, 0.6) is 0 Å². The molecule has 0 saturated carbocycles. The fourth-order valence-corrected chi connectivity index (χ4v) is 3.76. The quantitative estimate of drug-likeness (QED) is 0.330. The van der Waals surface area contributed by atoms with E-state index >= 15 is 0 Å². The van der Waals surface area contributed by atoms with Gasteiger partial charge in [-0.05, 0) is 50.6 Å². The van der Waals surface area contributed by atoms with E-state index in [1.807, 2.05) is 32.0 Å². The number of hydrogen-bond acceptors (Lipinski definition) is 2. The summed E-state index contributed by atoms with van der Waals surface area (Å²) in [4.78, 5) is 4.60. The molecule has 29 heavy (non-hydrogen) atoms. The second-order valence-corrected chi connectivity index (χ2v) is 7.96. The summed E-state index contributed by atoms with van der Waals surface area (Å²) in [5, 5.41) is 4.45. The number of fused-ring (bicyclic) bond motifs is 1. The van der Waals surface area contributed by atoms with Crippen molar-refractivity contribution in [3.8, 4) is 16.9 Å². The Bertz CT molecular complexity index is 1230. The van der Waals surface area contributed by atoms with Gasteiger partial charge in [0.1, 0.15) is 0 Å². The number of nitrogens with zero attached hydrogens (tertiary/aromatic N) is 3. The molecule has 148 valence electrons. The van der Waals surface area contributed by atoms with E-state index in [9.17, 15) is 13.2 Å². The summed E-state index contributed by atoms with van der Waals surface area (Å²) < 4.78 is 44.1. The van der Waals surface area contributed by atoms with E-state index in [0.29, 0.717) is 16.9 Å². The van der Waals surface area contributed by atoms with Crippen LogP contribution in [0.3, 0.4) is 0 Å². The second-order valence-electron chi connectivity index (χ2n) is 7.05. The largest absolute Gasteiger partial charge is 0.417 e. The normalized spacial score (nSPS) is 12.0. The van der Waals surface area contributed by atoms with Crippen molar-refractivity contribution >= 4 is 27.0 Å². The van der Waals surface area contributed by atoms with E-state index in [-0.39, 0.29) is 16.7 Å². The summed E-state index contributed by atoms with van der Waals surface area (Å²) in [7, 11) is 0. The number of pyridine rings is 1. The minimum absolute atomic E-state index is 0.0262. The number of halogens is 4. The maximum atomic E-state index is 13.9. The van der Waals surface area contributed by atoms with E-state index < -0.39 is 11.7 Å². The average molecular weight is 460 g/mol. The van der Waals surface area contributed by atoms with Gasteiger partial charge in [-0.1, -0.05) is 45.8 Å². The summed E-state index contributed by atoms with van der Waals surface area (Å²) >= 11 is 3.35. The molecule has 0 aliphatic carbocycles. The number of hydrogen-bond donors (Lipinski definition) is 0. The molecular formula is C22H17BrF3N3. The van der Waals surface area contributed by atoms with E-state index in [4.69, 9.17) is 0 Å². The molecule has 2 aromatic heterocycles. The average Bonchev–Trinajstić information content (AvgIpc) is 2.97. The van der Waals surface area contributed by atoms with Gasteiger partial charge in [-0.15, -0.1) is 0 Å². The minimum atomic E-state index is -4.52. The Morgan fingerprint density at radius 3 is 2.24 bits per heavy atom. The molecule has 0 atom stereocenters. The molecular weight excluding hydrogens is 443 g/mol. The van der Waals surface area contributed by atoms with Gasteiger partial charge in [-0.25, -0.2) is 9.67 Å². The molecule has 2 heterocycles. The fourth-order valence-electron chi connectivity index (χ4n) is 3.49. The van der Waals surface area contributed by atoms with Crippen molar-refractivity contribution in [3.05, 3.63) is 75.4 Å². The summed E-state index contributed by atoms with van der Waals surface area (Å²) in [6, 6.07) is 13.9. The lowest BCUT2D eigenvalue weighted by molar-refractivity contribution is -0.136. The van der Waals surface area contributed by atoms with E-state index in [2.05, 4.69) is 26.0 Å². The lowest BCUT2D eigenvalue weighted by atomic mass is 10.1. The smallest absolute Gasteiger partial charge is 0.228 e. The summed E-state index contributed by atoms with van der Waals surface area (Å²) in [5.41, 5.74) is 3.31. The van der Waals surface area contributed by atoms with Gasteiger partial charge in [0.15, 0.2) is 5.65 Å². The zero-order valence-corrected chi connectivity index (χ0v) is 17.6. The van der Waals surface area contributed by atoms with Crippen LogP contribution in [0, 0.1) is 20.8 Å². The zero-order chi connectivity index (χ0) is 20.9. The first kappa shape index (κ1) is 19.6. The predicted molar refractivity (Wildman–Crippen MR) is 111 cm³/mol. The van der Waals surface area contributed by atoms with Crippen molar-refractivity contribution in [2.24, 2.45) is 0 Å². The van der Waals surface area contributed by atoms with Crippen molar-refractivity contribution in [2.75, 3.05) is 0 Å². The highest BCUT2D eigenvalue weighted by atomic mass is 79.9. The summed E-state index contributed by atoms with van der Waals surface area (Å²) in [6.07, 6.45) is -4.52. The van der Waals surface area contributed by atoms with Gasteiger partial charge in [0, 0.05) is 10.0 Å². The van der Waals surface area contributed by atoms with Crippen LogP contribution in [-0.4, -0.2) is 14.8 Å². The number of aromatic nitrogens is 3. The molecule has 0 radical (unpaired) electrons. The monoisotopic (exact) mass is 459 g/mol. The highest BCUT2D eigenvalue weighted by Crippen LogP contribution is 2.39. The lowest BCUT2D eigenvalue weighted by Gasteiger charge is -2.13. The molecule has 0 saturated heterocycles. The van der Waals surface area contributed by atoms with E-state index in [1.165, 1.54) is 4.68 Å². The third-order valence-corrected chi connectivity index (χ3v) is 5.37. The standard InChI is InChI=1S/C22H17BrF3N3/c1-12-4-9-19(13(2)10-12)29-21-20(14(3)28-29)17(22(24,25)26)11-18(27-21)15-5-7-16(23)8-6-15/h4-11H,1-3H3. The minimum Gasteiger partial charge on any atom is -0.228 e. The van der Waals surface area contributed by atoms with Gasteiger partial charge in [0.2, 0.25) is 0 Å². The van der Waals surface area contributed by atoms with Crippen LogP contribution in [0.15, 0.2) is 53.0 Å². The molecule has 0 unspecified atom stereocenters. The predicted octanol–water partition coefficient (Wildman–Crippen LogP) is 6.79. The first-order chi connectivity index (χ1) is 13.6. The van der Waals surface area contributed by atoms with E-state index in [1.54, 1.807) is 31.2 Å². The Kier molecular flexibility index (Phi) is 4.73. The van der Waals surface area contributed by atoms with Crippen LogP contribution in [0.4, 0.5) is 13.2 Å². The SMILES string of the molecule is Cc1ccc(-n2nc(C)c3c(C(F)(F)F)cc(-c4ccc(Br)cc4)nc32)c(C)c1. The maximum absolute atomic E-state index is 13.9. The summed E-state index contributed by atoms with van der Waals surface area (Å²) in [6.45, 7) is 5.46. The number of rotatable bonds is 2.